The first-order valence-electron chi connectivity index (χ1n) is 8.28. The fourth-order valence-corrected chi connectivity index (χ4v) is 3.92. The molecule has 6 nitrogen and oxygen atoms in total. The number of likely N-dealkylation sites (tertiary alicyclic amines) is 1. The highest BCUT2D eigenvalue weighted by molar-refractivity contribution is 8.45. The van der Waals surface area contributed by atoms with Crippen LogP contribution in [-0.2, 0) is 0 Å². The summed E-state index contributed by atoms with van der Waals surface area (Å²) >= 11 is 0. The second kappa shape index (κ2) is 5.88. The molecule has 27 heavy (non-hydrogen) atoms. The van der Waals surface area contributed by atoms with Crippen LogP contribution in [0.5, 0.6) is 0 Å². The Morgan fingerprint density at radius 3 is 2.33 bits per heavy atom. The minimum atomic E-state index is -9.81. The number of urea groups is 2. The Kier molecular flexibility index (Phi) is 4.25. The van der Waals surface area contributed by atoms with Gasteiger partial charge in [-0.05, 0) is 31.0 Å². The number of hydrogen-bond acceptors (Lipinski definition) is 2. The smallest absolute Gasteiger partial charge is 0.321 e. The average molecular weight is 414 g/mol. The molecule has 3 rings (SSSR count). The van der Waals surface area contributed by atoms with Crippen LogP contribution in [-0.4, -0.2) is 54.1 Å². The maximum Gasteiger partial charge on any atom is 0.321 e. The first-order valence-corrected chi connectivity index (χ1v) is 10.2. The number of halogens is 5. The number of amides is 4. The van der Waals surface area contributed by atoms with E-state index in [1.807, 2.05) is 0 Å². The maximum absolute atomic E-state index is 12.9. The predicted octanol–water partition coefficient (Wildman–Crippen LogP) is 4.37. The molecular weight excluding hydrogens is 395 g/mol. The average Bonchev–Trinajstić information content (AvgIpc) is 2.99. The van der Waals surface area contributed by atoms with Gasteiger partial charge in [0.05, 0.1) is 0 Å². The van der Waals surface area contributed by atoms with Crippen molar-refractivity contribution in [3.63, 3.8) is 0 Å². The van der Waals surface area contributed by atoms with Crippen molar-refractivity contribution in [2.24, 2.45) is 0 Å². The van der Waals surface area contributed by atoms with Crippen LogP contribution >= 0.6 is 10.2 Å². The lowest BCUT2D eigenvalue weighted by Gasteiger charge is -2.40. The number of carbonyl (C=O) groups excluding carboxylic acids is 2. The number of carbonyl (C=O) groups is 2. The number of piperidine rings is 1. The molecule has 0 spiro atoms. The third-order valence-corrected chi connectivity index (χ3v) is 5.76. The molecule has 2 aliphatic rings. The SMILES string of the molecule is O=C(Nc1cccc(S(F)(F)(F)(F)F)c1)N1CCC(N2CCNC2=O)CC1. The molecule has 0 unspecified atom stereocenters. The van der Waals surface area contributed by atoms with Crippen molar-refractivity contribution < 1.29 is 29.0 Å². The molecule has 4 amide bonds. The van der Waals surface area contributed by atoms with Gasteiger partial charge >= 0.3 is 22.3 Å². The molecule has 0 aliphatic carbocycles. The van der Waals surface area contributed by atoms with E-state index in [4.69, 9.17) is 0 Å². The van der Waals surface area contributed by atoms with Crippen LogP contribution in [0.25, 0.3) is 0 Å². The van der Waals surface area contributed by atoms with Gasteiger partial charge in [-0.3, -0.25) is 0 Å². The molecule has 152 valence electrons. The fourth-order valence-electron chi connectivity index (χ4n) is 3.23. The zero-order chi connectivity index (χ0) is 19.9. The zero-order valence-electron chi connectivity index (χ0n) is 14.1. The highest BCUT2D eigenvalue weighted by atomic mass is 32.5. The van der Waals surface area contributed by atoms with Gasteiger partial charge < -0.3 is 20.4 Å². The summed E-state index contributed by atoms with van der Waals surface area (Å²) in [6.07, 6.45) is 1.07. The third-order valence-electron chi connectivity index (χ3n) is 4.61. The number of hydrogen-bond donors (Lipinski definition) is 2. The molecule has 1 aromatic carbocycles. The molecule has 12 heteroatoms. The van der Waals surface area contributed by atoms with E-state index in [0.29, 0.717) is 39.0 Å². The summed E-state index contributed by atoms with van der Waals surface area (Å²) in [7, 11) is -9.81. The van der Waals surface area contributed by atoms with Crippen LogP contribution in [0, 0.1) is 0 Å². The van der Waals surface area contributed by atoms with E-state index in [-0.39, 0.29) is 29.9 Å². The van der Waals surface area contributed by atoms with Gasteiger partial charge in [0, 0.05) is 37.9 Å². The van der Waals surface area contributed by atoms with E-state index in [9.17, 15) is 29.0 Å². The second-order valence-corrected chi connectivity index (χ2v) is 8.98. The highest BCUT2D eigenvalue weighted by Gasteiger charge is 2.65. The highest BCUT2D eigenvalue weighted by Crippen LogP contribution is 3.02. The van der Waals surface area contributed by atoms with Crippen molar-refractivity contribution in [2.45, 2.75) is 23.8 Å². The Labute approximate surface area is 152 Å². The molecular formula is C15H19F5N4O2S. The van der Waals surface area contributed by atoms with E-state index in [2.05, 4.69) is 10.6 Å². The molecule has 0 atom stereocenters. The van der Waals surface area contributed by atoms with Gasteiger partial charge in [0.15, 0.2) is 0 Å². The lowest BCUT2D eigenvalue weighted by molar-refractivity contribution is 0.147. The first kappa shape index (κ1) is 19.5. The van der Waals surface area contributed by atoms with Crippen LogP contribution in [0.1, 0.15) is 12.8 Å². The largest absolute Gasteiger partial charge is 0.336 e. The molecule has 1 aromatic rings. The Hall–Kier alpha value is -2.24. The van der Waals surface area contributed by atoms with Crippen molar-refractivity contribution in [3.05, 3.63) is 24.3 Å². The molecule has 2 saturated heterocycles. The van der Waals surface area contributed by atoms with Crippen LogP contribution < -0.4 is 10.6 Å². The van der Waals surface area contributed by atoms with E-state index >= 15 is 0 Å². The molecule has 0 bridgehead atoms. The van der Waals surface area contributed by atoms with Gasteiger partial charge in [-0.1, -0.05) is 25.5 Å². The first-order chi connectivity index (χ1) is 12.3. The third kappa shape index (κ3) is 4.54. The summed E-state index contributed by atoms with van der Waals surface area (Å²) in [5.41, 5.74) is -0.355. The van der Waals surface area contributed by atoms with Crippen molar-refractivity contribution >= 4 is 28.0 Å². The lowest BCUT2D eigenvalue weighted by Crippen LogP contribution is -2.48. The summed E-state index contributed by atoms with van der Waals surface area (Å²) in [5.74, 6) is 0. The molecule has 0 radical (unpaired) electrons. The fraction of sp³-hybridized carbons (Fsp3) is 0.467. The standard InChI is InChI=1S/C15H19F5N4O2S/c16-27(17,18,19,20)13-3-1-2-11(10-13)22-15(26)23-7-4-12(5-8-23)24-9-6-21-14(24)25/h1-3,10,12H,4-9H2,(H,21,25)(H,22,26). The van der Waals surface area contributed by atoms with Gasteiger partial charge in [0.1, 0.15) is 4.90 Å². The van der Waals surface area contributed by atoms with E-state index in [0.717, 1.165) is 12.1 Å². The molecule has 2 aliphatic heterocycles. The topological polar surface area (TPSA) is 64.7 Å². The number of anilines is 1. The summed E-state index contributed by atoms with van der Waals surface area (Å²) < 4.78 is 64.4. The monoisotopic (exact) mass is 414 g/mol. The van der Waals surface area contributed by atoms with E-state index < -0.39 is 21.2 Å². The van der Waals surface area contributed by atoms with E-state index in [1.165, 1.54) is 4.90 Å². The Balaban J connectivity index is 1.61. The minimum Gasteiger partial charge on any atom is -0.336 e. The van der Waals surface area contributed by atoms with Gasteiger partial charge in [0.25, 0.3) is 0 Å². The normalized spacial score (nSPS) is 21.4. The quantitative estimate of drug-likeness (QED) is 0.722. The van der Waals surface area contributed by atoms with Crippen LogP contribution in [0.3, 0.4) is 0 Å². The van der Waals surface area contributed by atoms with Crippen LogP contribution in [0.15, 0.2) is 29.2 Å². The number of nitrogens with zero attached hydrogens (tertiary/aromatic N) is 2. The van der Waals surface area contributed by atoms with Gasteiger partial charge in [-0.15, -0.1) is 0 Å². The summed E-state index contributed by atoms with van der Waals surface area (Å²) in [4.78, 5) is 24.9. The molecule has 0 saturated carbocycles. The van der Waals surface area contributed by atoms with Gasteiger partial charge in [-0.2, -0.15) is 0 Å². The number of nitrogens with one attached hydrogen (secondary N) is 2. The summed E-state index contributed by atoms with van der Waals surface area (Å²) in [6.45, 7) is 1.78. The molecule has 2 fully saturated rings. The van der Waals surface area contributed by atoms with Crippen LogP contribution in [0.4, 0.5) is 34.7 Å². The van der Waals surface area contributed by atoms with E-state index in [1.54, 1.807) is 4.90 Å². The second-order valence-electron chi connectivity index (χ2n) is 6.57. The van der Waals surface area contributed by atoms with Crippen molar-refractivity contribution in [2.75, 3.05) is 31.5 Å². The molecule has 0 aromatic heterocycles. The molecule has 2 N–H and O–H groups in total. The zero-order valence-corrected chi connectivity index (χ0v) is 15.0. The van der Waals surface area contributed by atoms with Crippen molar-refractivity contribution in [1.29, 1.82) is 0 Å². The predicted molar refractivity (Wildman–Crippen MR) is 91.6 cm³/mol. The Morgan fingerprint density at radius 1 is 1.11 bits per heavy atom. The molecule has 2 heterocycles. The van der Waals surface area contributed by atoms with Crippen molar-refractivity contribution in [1.82, 2.24) is 15.1 Å². The number of rotatable bonds is 3. The number of benzene rings is 1. The maximum atomic E-state index is 12.9. The van der Waals surface area contributed by atoms with Gasteiger partial charge in [0.2, 0.25) is 0 Å². The Bertz CT molecular complexity index is 765. The lowest BCUT2D eigenvalue weighted by atomic mass is 10.0. The van der Waals surface area contributed by atoms with Crippen LogP contribution in [0.2, 0.25) is 0 Å². The van der Waals surface area contributed by atoms with Crippen molar-refractivity contribution in [3.8, 4) is 0 Å². The van der Waals surface area contributed by atoms with Gasteiger partial charge in [-0.25, -0.2) is 9.59 Å². The minimum absolute atomic E-state index is 0.00648. The summed E-state index contributed by atoms with van der Waals surface area (Å²) in [5, 5.41) is 4.93. The summed E-state index contributed by atoms with van der Waals surface area (Å²) in [6, 6.07) is 1.63. The Morgan fingerprint density at radius 2 is 1.78 bits per heavy atom.